The summed E-state index contributed by atoms with van der Waals surface area (Å²) in [5.41, 5.74) is 1.97. The summed E-state index contributed by atoms with van der Waals surface area (Å²) in [5, 5.41) is 5.00. The van der Waals surface area contributed by atoms with Crippen molar-refractivity contribution in [3.05, 3.63) is 57.0 Å². The molecule has 0 spiro atoms. The molecule has 21 heavy (non-hydrogen) atoms. The monoisotopic (exact) mass is 343 g/mol. The average molecular weight is 345 g/mol. The van der Waals surface area contributed by atoms with E-state index in [0.29, 0.717) is 34.0 Å². The Morgan fingerprint density at radius 3 is 2.43 bits per heavy atom. The van der Waals surface area contributed by atoms with E-state index in [1.807, 2.05) is 30.3 Å². The maximum Gasteiger partial charge on any atom is 0.138 e. The molecule has 0 bridgehead atoms. The number of nitrogens with one attached hydrogen (secondary N) is 1. The summed E-state index contributed by atoms with van der Waals surface area (Å²) >= 11 is 18.1. The van der Waals surface area contributed by atoms with E-state index >= 15 is 0 Å². The number of rotatable bonds is 6. The quantitative estimate of drug-likeness (QED) is 0.689. The molecule has 0 fully saturated rings. The summed E-state index contributed by atoms with van der Waals surface area (Å²) < 4.78 is 5.54. The van der Waals surface area contributed by atoms with E-state index in [9.17, 15) is 0 Å². The van der Waals surface area contributed by atoms with Crippen molar-refractivity contribution in [2.45, 2.75) is 19.9 Å². The van der Waals surface area contributed by atoms with Gasteiger partial charge in [-0.15, -0.1) is 0 Å². The molecule has 0 heterocycles. The van der Waals surface area contributed by atoms with E-state index < -0.39 is 0 Å². The van der Waals surface area contributed by atoms with Gasteiger partial charge in [0.2, 0.25) is 0 Å². The molecule has 2 rings (SSSR count). The van der Waals surface area contributed by atoms with Crippen LogP contribution < -0.4 is 10.1 Å². The SMILES string of the molecule is CCCOc1ccc(NCc2ccc(Cl)c(Cl)c2)cc1Cl. The van der Waals surface area contributed by atoms with Crippen LogP contribution in [0, 0.1) is 0 Å². The van der Waals surface area contributed by atoms with Gasteiger partial charge in [-0.05, 0) is 42.3 Å². The number of halogens is 3. The van der Waals surface area contributed by atoms with E-state index in [2.05, 4.69) is 12.2 Å². The van der Waals surface area contributed by atoms with Gasteiger partial charge in [-0.2, -0.15) is 0 Å². The van der Waals surface area contributed by atoms with Crippen LogP contribution in [0.5, 0.6) is 5.75 Å². The lowest BCUT2D eigenvalue weighted by atomic mass is 10.2. The molecule has 0 saturated carbocycles. The molecule has 5 heteroatoms. The Balaban J connectivity index is 1.99. The lowest BCUT2D eigenvalue weighted by Crippen LogP contribution is -2.00. The van der Waals surface area contributed by atoms with Crippen LogP contribution in [0.15, 0.2) is 36.4 Å². The second-order valence-corrected chi connectivity index (χ2v) is 5.82. The van der Waals surface area contributed by atoms with Crippen LogP contribution in [0.1, 0.15) is 18.9 Å². The molecule has 1 N–H and O–H groups in total. The van der Waals surface area contributed by atoms with Gasteiger partial charge in [0.1, 0.15) is 5.75 Å². The first-order chi connectivity index (χ1) is 10.1. The highest BCUT2D eigenvalue weighted by Crippen LogP contribution is 2.28. The minimum Gasteiger partial charge on any atom is -0.492 e. The molecule has 2 nitrogen and oxygen atoms in total. The standard InChI is InChI=1S/C16H16Cl3NO/c1-2-7-21-16-6-4-12(9-15(16)19)20-10-11-3-5-13(17)14(18)8-11/h3-6,8-9,20H,2,7,10H2,1H3. The zero-order valence-electron chi connectivity index (χ0n) is 11.6. The van der Waals surface area contributed by atoms with Gasteiger partial charge in [-0.3, -0.25) is 0 Å². The molecule has 0 amide bonds. The van der Waals surface area contributed by atoms with E-state index in [-0.39, 0.29) is 0 Å². The van der Waals surface area contributed by atoms with Gasteiger partial charge >= 0.3 is 0 Å². The van der Waals surface area contributed by atoms with Gasteiger partial charge in [0, 0.05) is 12.2 Å². The van der Waals surface area contributed by atoms with Crippen molar-refractivity contribution in [1.82, 2.24) is 0 Å². The highest BCUT2D eigenvalue weighted by molar-refractivity contribution is 6.42. The molecule has 0 radical (unpaired) electrons. The predicted octanol–water partition coefficient (Wildman–Crippen LogP) is 6.05. The Bertz CT molecular complexity index is 616. The highest BCUT2D eigenvalue weighted by Gasteiger charge is 2.04. The van der Waals surface area contributed by atoms with Crippen molar-refractivity contribution in [2.75, 3.05) is 11.9 Å². The molecular weight excluding hydrogens is 329 g/mol. The molecule has 0 aliphatic carbocycles. The van der Waals surface area contributed by atoms with Crippen molar-refractivity contribution in [2.24, 2.45) is 0 Å². The Morgan fingerprint density at radius 1 is 0.952 bits per heavy atom. The molecule has 0 aliphatic heterocycles. The Labute approximate surface area is 140 Å². The minimum atomic E-state index is 0.553. The number of anilines is 1. The van der Waals surface area contributed by atoms with Crippen LogP contribution in [0.2, 0.25) is 15.1 Å². The van der Waals surface area contributed by atoms with Crippen molar-refractivity contribution < 1.29 is 4.74 Å². The normalized spacial score (nSPS) is 10.5. The summed E-state index contributed by atoms with van der Waals surface area (Å²) in [6, 6.07) is 11.2. The molecule has 0 aliphatic rings. The first-order valence-electron chi connectivity index (χ1n) is 6.70. The van der Waals surface area contributed by atoms with Crippen molar-refractivity contribution in [1.29, 1.82) is 0 Å². The summed E-state index contributed by atoms with van der Waals surface area (Å²) in [4.78, 5) is 0. The second-order valence-electron chi connectivity index (χ2n) is 4.60. The summed E-state index contributed by atoms with van der Waals surface area (Å²) in [6.07, 6.45) is 0.952. The number of hydrogen-bond acceptors (Lipinski definition) is 2. The number of ether oxygens (including phenoxy) is 1. The fourth-order valence-electron chi connectivity index (χ4n) is 1.79. The first kappa shape index (κ1) is 16.3. The number of hydrogen-bond donors (Lipinski definition) is 1. The summed E-state index contributed by atoms with van der Waals surface area (Å²) in [5.74, 6) is 0.707. The third-order valence-electron chi connectivity index (χ3n) is 2.87. The molecule has 2 aromatic carbocycles. The van der Waals surface area contributed by atoms with Gasteiger partial charge < -0.3 is 10.1 Å². The molecule has 112 valence electrons. The average Bonchev–Trinajstić information content (AvgIpc) is 2.47. The van der Waals surface area contributed by atoms with Crippen LogP contribution in [-0.4, -0.2) is 6.61 Å². The Morgan fingerprint density at radius 2 is 1.76 bits per heavy atom. The lowest BCUT2D eigenvalue weighted by Gasteiger charge is -2.11. The second kappa shape index (κ2) is 7.79. The maximum atomic E-state index is 6.19. The topological polar surface area (TPSA) is 21.3 Å². The van der Waals surface area contributed by atoms with Gasteiger partial charge in [0.25, 0.3) is 0 Å². The predicted molar refractivity (Wildman–Crippen MR) is 91.0 cm³/mol. The van der Waals surface area contributed by atoms with E-state index in [1.165, 1.54) is 0 Å². The zero-order valence-corrected chi connectivity index (χ0v) is 13.9. The largest absolute Gasteiger partial charge is 0.492 e. The number of benzene rings is 2. The van der Waals surface area contributed by atoms with Crippen LogP contribution >= 0.6 is 34.8 Å². The van der Waals surface area contributed by atoms with E-state index in [1.54, 1.807) is 6.07 Å². The fraction of sp³-hybridized carbons (Fsp3) is 0.250. The lowest BCUT2D eigenvalue weighted by molar-refractivity contribution is 0.317. The maximum absolute atomic E-state index is 6.19. The van der Waals surface area contributed by atoms with Gasteiger partial charge in [-0.1, -0.05) is 47.8 Å². The Hall–Kier alpha value is -1.09. The van der Waals surface area contributed by atoms with Crippen molar-refractivity contribution >= 4 is 40.5 Å². The van der Waals surface area contributed by atoms with Crippen LogP contribution in [0.3, 0.4) is 0 Å². The smallest absolute Gasteiger partial charge is 0.138 e. The van der Waals surface area contributed by atoms with E-state index in [4.69, 9.17) is 39.5 Å². The minimum absolute atomic E-state index is 0.553. The van der Waals surface area contributed by atoms with Crippen LogP contribution in [0.4, 0.5) is 5.69 Å². The third kappa shape index (κ3) is 4.70. The zero-order chi connectivity index (χ0) is 15.2. The van der Waals surface area contributed by atoms with E-state index in [0.717, 1.165) is 17.7 Å². The molecular formula is C16H16Cl3NO. The van der Waals surface area contributed by atoms with Gasteiger partial charge in [0.15, 0.2) is 0 Å². The van der Waals surface area contributed by atoms with Crippen molar-refractivity contribution in [3.63, 3.8) is 0 Å². The molecule has 0 unspecified atom stereocenters. The van der Waals surface area contributed by atoms with Crippen molar-refractivity contribution in [3.8, 4) is 5.75 Å². The highest BCUT2D eigenvalue weighted by atomic mass is 35.5. The van der Waals surface area contributed by atoms with Crippen LogP contribution in [0.25, 0.3) is 0 Å². The third-order valence-corrected chi connectivity index (χ3v) is 3.91. The first-order valence-corrected chi connectivity index (χ1v) is 7.83. The van der Waals surface area contributed by atoms with Gasteiger partial charge in [0.05, 0.1) is 21.7 Å². The summed E-state index contributed by atoms with van der Waals surface area (Å²) in [6.45, 7) is 3.36. The molecule has 0 atom stereocenters. The van der Waals surface area contributed by atoms with Gasteiger partial charge in [-0.25, -0.2) is 0 Å². The Kier molecular flexibility index (Phi) is 6.04. The molecule has 0 saturated heterocycles. The van der Waals surface area contributed by atoms with Crippen LogP contribution in [-0.2, 0) is 6.54 Å². The molecule has 0 aromatic heterocycles. The fourth-order valence-corrected chi connectivity index (χ4v) is 2.35. The summed E-state index contributed by atoms with van der Waals surface area (Å²) in [7, 11) is 0. The molecule has 2 aromatic rings.